The van der Waals surface area contributed by atoms with Crippen molar-refractivity contribution in [2.75, 3.05) is 0 Å². The van der Waals surface area contributed by atoms with Crippen molar-refractivity contribution < 1.29 is 14.7 Å². The minimum absolute atomic E-state index is 0.246. The van der Waals surface area contributed by atoms with Crippen molar-refractivity contribution in [3.8, 4) is 0 Å². The summed E-state index contributed by atoms with van der Waals surface area (Å²) in [4.78, 5) is 25.2. The molecule has 0 saturated carbocycles. The predicted molar refractivity (Wildman–Crippen MR) is 79.4 cm³/mol. The van der Waals surface area contributed by atoms with E-state index in [2.05, 4.69) is 5.32 Å². The Hall–Kier alpha value is -1.36. The molecule has 110 valence electrons. The lowest BCUT2D eigenvalue weighted by Gasteiger charge is -2.12. The molecule has 5 heteroatoms. The van der Waals surface area contributed by atoms with Gasteiger partial charge >= 0.3 is 5.97 Å². The topological polar surface area (TPSA) is 66.4 Å². The highest BCUT2D eigenvalue weighted by Crippen LogP contribution is 2.29. The largest absolute Gasteiger partial charge is 0.480 e. The van der Waals surface area contributed by atoms with E-state index in [0.717, 1.165) is 19.3 Å². The fraction of sp³-hybridized carbons (Fsp3) is 0.600. The summed E-state index contributed by atoms with van der Waals surface area (Å²) in [7, 11) is 0. The second-order valence-electron chi connectivity index (χ2n) is 5.27. The van der Waals surface area contributed by atoms with Crippen LogP contribution in [0.2, 0.25) is 0 Å². The monoisotopic (exact) mass is 295 g/mol. The minimum atomic E-state index is -0.960. The van der Waals surface area contributed by atoms with Crippen LogP contribution in [0.15, 0.2) is 6.07 Å². The van der Waals surface area contributed by atoms with Crippen LogP contribution in [0.1, 0.15) is 59.1 Å². The SMILES string of the molecule is CCC[C@@H](NC(=O)c1cc2c(s1)CCCCC2)C(=O)O. The lowest BCUT2D eigenvalue weighted by molar-refractivity contribution is -0.139. The first-order chi connectivity index (χ1) is 9.61. The van der Waals surface area contributed by atoms with Crippen LogP contribution in [-0.2, 0) is 17.6 Å². The summed E-state index contributed by atoms with van der Waals surface area (Å²) in [6.07, 6.45) is 6.90. The Kier molecular flexibility index (Phi) is 5.17. The van der Waals surface area contributed by atoms with Gasteiger partial charge in [0.25, 0.3) is 5.91 Å². The number of carboxylic acids is 1. The third kappa shape index (κ3) is 3.60. The van der Waals surface area contributed by atoms with Crippen molar-refractivity contribution in [3.05, 3.63) is 21.4 Å². The molecule has 0 saturated heterocycles. The van der Waals surface area contributed by atoms with Gasteiger partial charge in [0.2, 0.25) is 0 Å². The Labute approximate surface area is 123 Å². The number of hydrogen-bond acceptors (Lipinski definition) is 3. The van der Waals surface area contributed by atoms with Gasteiger partial charge in [-0.05, 0) is 43.7 Å². The maximum Gasteiger partial charge on any atom is 0.326 e. The molecule has 0 bridgehead atoms. The van der Waals surface area contributed by atoms with E-state index >= 15 is 0 Å². The fourth-order valence-corrected chi connectivity index (χ4v) is 3.71. The second-order valence-corrected chi connectivity index (χ2v) is 6.41. The Morgan fingerprint density at radius 2 is 2.10 bits per heavy atom. The van der Waals surface area contributed by atoms with Crippen LogP contribution < -0.4 is 5.32 Å². The van der Waals surface area contributed by atoms with E-state index in [1.54, 1.807) is 0 Å². The summed E-state index contributed by atoms with van der Waals surface area (Å²) in [5.74, 6) is -1.21. The van der Waals surface area contributed by atoms with Crippen molar-refractivity contribution in [3.63, 3.8) is 0 Å². The number of aliphatic carboxylic acids is 1. The summed E-state index contributed by atoms with van der Waals surface area (Å²) in [5.41, 5.74) is 1.28. The molecule has 1 amide bonds. The molecule has 1 aliphatic rings. The smallest absolute Gasteiger partial charge is 0.326 e. The van der Waals surface area contributed by atoms with E-state index in [9.17, 15) is 9.59 Å². The van der Waals surface area contributed by atoms with Crippen LogP contribution in [0, 0.1) is 0 Å². The molecule has 1 aromatic rings. The quantitative estimate of drug-likeness (QED) is 0.821. The van der Waals surface area contributed by atoms with Gasteiger partial charge in [0, 0.05) is 4.88 Å². The van der Waals surface area contributed by atoms with Crippen molar-refractivity contribution in [2.45, 2.75) is 57.9 Å². The number of carbonyl (C=O) groups excluding carboxylic acids is 1. The van der Waals surface area contributed by atoms with Gasteiger partial charge in [-0.25, -0.2) is 4.79 Å². The van der Waals surface area contributed by atoms with Crippen molar-refractivity contribution >= 4 is 23.2 Å². The highest BCUT2D eigenvalue weighted by molar-refractivity contribution is 7.14. The van der Waals surface area contributed by atoms with Gasteiger partial charge in [0.1, 0.15) is 6.04 Å². The summed E-state index contributed by atoms with van der Waals surface area (Å²) in [6.45, 7) is 1.91. The average Bonchev–Trinajstić information content (AvgIpc) is 2.69. The fourth-order valence-electron chi connectivity index (χ4n) is 2.55. The highest BCUT2D eigenvalue weighted by atomic mass is 32.1. The molecule has 0 aliphatic heterocycles. The summed E-state index contributed by atoms with van der Waals surface area (Å²) in [5, 5.41) is 11.7. The number of fused-ring (bicyclic) bond motifs is 1. The molecule has 1 atom stereocenters. The average molecular weight is 295 g/mol. The van der Waals surface area contributed by atoms with Crippen LogP contribution in [0.5, 0.6) is 0 Å². The molecule has 20 heavy (non-hydrogen) atoms. The molecular formula is C15H21NO3S. The predicted octanol–water partition coefficient (Wildman–Crippen LogP) is 3.00. The normalized spacial score (nSPS) is 16.1. The van der Waals surface area contributed by atoms with Gasteiger partial charge in [-0.1, -0.05) is 19.8 Å². The van der Waals surface area contributed by atoms with Crippen molar-refractivity contribution in [1.29, 1.82) is 0 Å². The molecule has 1 aromatic heterocycles. The van der Waals surface area contributed by atoms with E-state index in [1.807, 2.05) is 13.0 Å². The Morgan fingerprint density at radius 3 is 2.80 bits per heavy atom. The number of hydrogen-bond donors (Lipinski definition) is 2. The first-order valence-electron chi connectivity index (χ1n) is 7.27. The molecule has 0 radical (unpaired) electrons. The lowest BCUT2D eigenvalue weighted by atomic mass is 10.1. The number of amides is 1. The van der Waals surface area contributed by atoms with E-state index in [4.69, 9.17) is 5.11 Å². The maximum atomic E-state index is 12.2. The van der Waals surface area contributed by atoms with Crippen molar-refractivity contribution in [1.82, 2.24) is 5.32 Å². The van der Waals surface area contributed by atoms with Gasteiger partial charge < -0.3 is 10.4 Å². The first kappa shape index (κ1) is 15.0. The molecule has 2 N–H and O–H groups in total. The van der Waals surface area contributed by atoms with Crippen LogP contribution >= 0.6 is 11.3 Å². The molecule has 0 fully saturated rings. The van der Waals surface area contributed by atoms with Crippen LogP contribution in [0.25, 0.3) is 0 Å². The molecule has 0 spiro atoms. The van der Waals surface area contributed by atoms with E-state index in [0.29, 0.717) is 11.3 Å². The molecular weight excluding hydrogens is 274 g/mol. The molecule has 2 rings (SSSR count). The number of carbonyl (C=O) groups is 2. The Balaban J connectivity index is 2.07. The first-order valence-corrected chi connectivity index (χ1v) is 8.08. The number of aryl methyl sites for hydroxylation is 2. The van der Waals surface area contributed by atoms with Crippen LogP contribution in [-0.4, -0.2) is 23.0 Å². The van der Waals surface area contributed by atoms with Gasteiger partial charge in [-0.3, -0.25) is 4.79 Å². The third-order valence-electron chi connectivity index (χ3n) is 3.65. The molecule has 1 heterocycles. The molecule has 0 aromatic carbocycles. The van der Waals surface area contributed by atoms with Gasteiger partial charge in [0.05, 0.1) is 4.88 Å². The zero-order chi connectivity index (χ0) is 14.5. The Morgan fingerprint density at radius 1 is 1.35 bits per heavy atom. The van der Waals surface area contributed by atoms with Gasteiger partial charge in [-0.15, -0.1) is 11.3 Å². The minimum Gasteiger partial charge on any atom is -0.480 e. The summed E-state index contributed by atoms with van der Waals surface area (Å²) >= 11 is 1.52. The second kappa shape index (κ2) is 6.88. The summed E-state index contributed by atoms with van der Waals surface area (Å²) < 4.78 is 0. The van der Waals surface area contributed by atoms with Gasteiger partial charge in [0.15, 0.2) is 0 Å². The van der Waals surface area contributed by atoms with E-state index in [-0.39, 0.29) is 5.91 Å². The zero-order valence-corrected chi connectivity index (χ0v) is 12.6. The third-order valence-corrected chi connectivity index (χ3v) is 4.89. The van der Waals surface area contributed by atoms with Crippen molar-refractivity contribution in [2.24, 2.45) is 0 Å². The standard InChI is InChI=1S/C15H21NO3S/c1-2-6-11(15(18)19)16-14(17)13-9-10-7-4-3-5-8-12(10)20-13/h9,11H,2-8H2,1H3,(H,16,17)(H,18,19)/t11-/m1/s1. The zero-order valence-electron chi connectivity index (χ0n) is 11.8. The van der Waals surface area contributed by atoms with Crippen LogP contribution in [0.3, 0.4) is 0 Å². The number of thiophene rings is 1. The Bertz CT molecular complexity index is 472. The van der Waals surface area contributed by atoms with Gasteiger partial charge in [-0.2, -0.15) is 0 Å². The number of nitrogens with one attached hydrogen (secondary N) is 1. The highest BCUT2D eigenvalue weighted by Gasteiger charge is 2.22. The van der Waals surface area contributed by atoms with E-state index < -0.39 is 12.0 Å². The molecule has 4 nitrogen and oxygen atoms in total. The summed E-state index contributed by atoms with van der Waals surface area (Å²) in [6, 6.07) is 1.17. The lowest BCUT2D eigenvalue weighted by Crippen LogP contribution is -2.40. The number of rotatable bonds is 5. The molecule has 0 unspecified atom stereocenters. The number of carboxylic acid groups (broad SMARTS) is 1. The van der Waals surface area contributed by atoms with Crippen LogP contribution in [0.4, 0.5) is 0 Å². The molecule has 1 aliphatic carbocycles. The van der Waals surface area contributed by atoms with E-state index in [1.165, 1.54) is 41.0 Å². The maximum absolute atomic E-state index is 12.2.